The summed E-state index contributed by atoms with van der Waals surface area (Å²) in [6.45, 7) is 22.7. The van der Waals surface area contributed by atoms with Crippen molar-refractivity contribution in [1.82, 2.24) is 0 Å². The molecule has 0 saturated carbocycles. The van der Waals surface area contributed by atoms with Gasteiger partial charge in [-0.1, -0.05) is 325 Å². The lowest BCUT2D eigenvalue weighted by atomic mass is 9.47. The summed E-state index contributed by atoms with van der Waals surface area (Å²) in [5.74, 6) is 0.128. The van der Waals surface area contributed by atoms with Crippen LogP contribution >= 0.6 is 0 Å². The number of hydrogen-bond acceptors (Lipinski definition) is 3. The van der Waals surface area contributed by atoms with Gasteiger partial charge in [-0.15, -0.1) is 0 Å². The van der Waals surface area contributed by atoms with E-state index in [2.05, 4.69) is 55.4 Å². The van der Waals surface area contributed by atoms with Crippen LogP contribution in [-0.2, 0) is 14.3 Å². The van der Waals surface area contributed by atoms with Crippen LogP contribution in [-0.4, -0.2) is 23.7 Å². The first-order valence-corrected chi connectivity index (χ1v) is 33.9. The molecule has 4 nitrogen and oxygen atoms in total. The molecule has 0 bridgehead atoms. The molecular formula is C69H138O4. The molecule has 0 aromatic heterocycles. The van der Waals surface area contributed by atoms with Gasteiger partial charge in [-0.2, -0.15) is 0 Å². The first-order chi connectivity index (χ1) is 35.6. The van der Waals surface area contributed by atoms with E-state index in [4.69, 9.17) is 14.6 Å². The Hall–Kier alpha value is -1.06. The van der Waals surface area contributed by atoms with Gasteiger partial charge in [-0.25, -0.2) is 0 Å². The monoisotopic (exact) mass is 1030 g/mol. The molecule has 4 heteroatoms. The molecule has 0 saturated heterocycles. The molecule has 1 N–H and O–H groups in total. The minimum absolute atomic E-state index is 0.158. The lowest BCUT2D eigenvalue weighted by molar-refractivity contribution is -0.157. The lowest BCUT2D eigenvalue weighted by Gasteiger charge is -2.57. The van der Waals surface area contributed by atoms with E-state index >= 15 is 0 Å². The number of carboxylic acids is 1. The molecule has 0 aliphatic rings. The molecule has 1 unspecified atom stereocenters. The fourth-order valence-electron chi connectivity index (χ4n) is 13.6. The van der Waals surface area contributed by atoms with Gasteiger partial charge in [0.25, 0.3) is 5.97 Å². The summed E-state index contributed by atoms with van der Waals surface area (Å²) in [7, 11) is 0. The minimum Gasteiger partial charge on any atom is -0.481 e. The third-order valence-corrected chi connectivity index (χ3v) is 17.9. The maximum atomic E-state index is 14.4. The van der Waals surface area contributed by atoms with Crippen molar-refractivity contribution in [2.24, 2.45) is 22.2 Å². The second-order valence-corrected chi connectivity index (χ2v) is 24.3. The summed E-state index contributed by atoms with van der Waals surface area (Å²) >= 11 is 0. The molecule has 0 aliphatic heterocycles. The van der Waals surface area contributed by atoms with Gasteiger partial charge in [0.05, 0.1) is 12.0 Å². The van der Waals surface area contributed by atoms with Crippen molar-refractivity contribution in [2.75, 3.05) is 6.61 Å². The van der Waals surface area contributed by atoms with Gasteiger partial charge >= 0.3 is 5.97 Å². The minimum atomic E-state index is -0.833. The zero-order chi connectivity index (χ0) is 54.4. The number of carbonyl (C=O) groups excluding carboxylic acids is 1. The lowest BCUT2D eigenvalue weighted by Crippen LogP contribution is -2.48. The van der Waals surface area contributed by atoms with Crippen LogP contribution in [0.15, 0.2) is 0 Å². The zero-order valence-electron chi connectivity index (χ0n) is 52.2. The van der Waals surface area contributed by atoms with E-state index in [-0.39, 0.29) is 11.4 Å². The third kappa shape index (κ3) is 38.2. The van der Waals surface area contributed by atoms with E-state index in [1.54, 1.807) is 0 Å². The summed E-state index contributed by atoms with van der Waals surface area (Å²) in [6.07, 6.45) is 71.0. The van der Waals surface area contributed by atoms with Crippen LogP contribution in [0, 0.1) is 22.2 Å². The average Bonchev–Trinajstić information content (AvgIpc) is 3.37. The van der Waals surface area contributed by atoms with E-state index in [0.29, 0.717) is 17.4 Å². The number of carboxylic acid groups (broad SMARTS) is 1. The first kappa shape index (κ1) is 74.0. The highest BCUT2D eigenvalue weighted by Crippen LogP contribution is 2.62. The predicted molar refractivity (Wildman–Crippen MR) is 326 cm³/mol. The van der Waals surface area contributed by atoms with Crippen LogP contribution in [0.2, 0.25) is 0 Å². The SMILES string of the molecule is CC(=O)O.CCCCCCCC(CCCCC(CCCCCCC)(CCCCCCC)C(=O)OCC)C(CCCCCCC)(CCCCCCC)C(CCCCCCC)(CCCCCCC)CCCCCCC. The number of carbonyl (C=O) groups is 2. The molecule has 0 spiro atoms. The van der Waals surface area contributed by atoms with E-state index < -0.39 is 5.97 Å². The Morgan fingerprint density at radius 3 is 0.822 bits per heavy atom. The largest absolute Gasteiger partial charge is 0.481 e. The highest BCUT2D eigenvalue weighted by Gasteiger charge is 2.52. The molecule has 0 amide bonds. The quantitative estimate of drug-likeness (QED) is 0.0487. The van der Waals surface area contributed by atoms with Crippen LogP contribution in [0.25, 0.3) is 0 Å². The van der Waals surface area contributed by atoms with Crippen LogP contribution in [0.1, 0.15) is 403 Å². The normalized spacial score (nSPS) is 12.5. The first-order valence-electron chi connectivity index (χ1n) is 33.9. The van der Waals surface area contributed by atoms with Gasteiger partial charge < -0.3 is 9.84 Å². The van der Waals surface area contributed by atoms with Gasteiger partial charge in [0, 0.05) is 6.92 Å². The Kier molecular flexibility index (Phi) is 55.1. The Morgan fingerprint density at radius 2 is 0.548 bits per heavy atom. The van der Waals surface area contributed by atoms with Gasteiger partial charge in [0.1, 0.15) is 0 Å². The number of hydrogen-bond donors (Lipinski definition) is 1. The number of ether oxygens (including phenoxy) is 1. The van der Waals surface area contributed by atoms with E-state index in [9.17, 15) is 4.79 Å². The summed E-state index contributed by atoms with van der Waals surface area (Å²) in [5.41, 5.74) is 0.582. The molecule has 0 radical (unpaired) electrons. The molecule has 73 heavy (non-hydrogen) atoms. The van der Waals surface area contributed by atoms with Crippen molar-refractivity contribution >= 4 is 11.9 Å². The Labute approximate surface area is 461 Å². The molecule has 0 rings (SSSR count). The number of aliphatic carboxylic acids is 1. The molecule has 0 heterocycles. The maximum Gasteiger partial charge on any atom is 0.312 e. The standard InChI is InChI=1S/C67H134O2.C2H4O2/c1-10-19-27-35-43-53-63(54-44-52-57-65(64(68)69-18-9,55-45-36-28-20-11-2)56-46-37-29-21-12-3)67(61-50-41-33-25-16-7,62-51-42-34-26-17-8)66(58-47-38-30-22-13-4,59-48-39-31-23-14-5)60-49-40-32-24-15-6;1-2(3)4/h63H,10-62H2,1-9H3;1H3,(H,3,4). The Bertz CT molecular complexity index is 1060. The van der Waals surface area contributed by atoms with Gasteiger partial charge in [-0.3, -0.25) is 9.59 Å². The fraction of sp³-hybridized carbons (Fsp3) is 0.971. The van der Waals surface area contributed by atoms with E-state index in [1.807, 2.05) is 6.92 Å². The summed E-state index contributed by atoms with van der Waals surface area (Å²) in [5, 5.41) is 7.42. The van der Waals surface area contributed by atoms with Crippen molar-refractivity contribution in [3.63, 3.8) is 0 Å². The maximum absolute atomic E-state index is 14.4. The van der Waals surface area contributed by atoms with Crippen LogP contribution in [0.5, 0.6) is 0 Å². The Morgan fingerprint density at radius 1 is 0.329 bits per heavy atom. The second kappa shape index (κ2) is 54.3. The van der Waals surface area contributed by atoms with E-state index in [0.717, 1.165) is 32.1 Å². The van der Waals surface area contributed by atoms with Gasteiger partial charge in [0.2, 0.25) is 0 Å². The molecule has 0 fully saturated rings. The van der Waals surface area contributed by atoms with Crippen molar-refractivity contribution in [1.29, 1.82) is 0 Å². The highest BCUT2D eigenvalue weighted by molar-refractivity contribution is 5.76. The fourth-order valence-corrected chi connectivity index (χ4v) is 13.6. The summed E-state index contributed by atoms with van der Waals surface area (Å²) < 4.78 is 6.12. The smallest absolute Gasteiger partial charge is 0.312 e. The van der Waals surface area contributed by atoms with Crippen LogP contribution in [0.4, 0.5) is 0 Å². The molecule has 438 valence electrons. The predicted octanol–water partition coefficient (Wildman–Crippen LogP) is 24.7. The topological polar surface area (TPSA) is 63.6 Å². The van der Waals surface area contributed by atoms with Gasteiger partial charge in [-0.05, 0) is 87.9 Å². The van der Waals surface area contributed by atoms with Crippen LogP contribution < -0.4 is 0 Å². The number of rotatable bonds is 57. The number of unbranched alkanes of at least 4 members (excludes halogenated alkanes) is 33. The third-order valence-electron chi connectivity index (χ3n) is 17.9. The summed E-state index contributed by atoms with van der Waals surface area (Å²) in [6, 6.07) is 0. The molecule has 0 aromatic carbocycles. The average molecular weight is 1030 g/mol. The molecule has 0 aliphatic carbocycles. The molecule has 0 aromatic rings. The Balaban J connectivity index is 0. The highest BCUT2D eigenvalue weighted by atomic mass is 16.5. The van der Waals surface area contributed by atoms with Crippen molar-refractivity contribution in [3.05, 3.63) is 0 Å². The van der Waals surface area contributed by atoms with E-state index in [1.165, 1.54) is 315 Å². The molecular weight excluding hydrogens is 893 g/mol. The van der Waals surface area contributed by atoms with Crippen molar-refractivity contribution in [2.45, 2.75) is 403 Å². The van der Waals surface area contributed by atoms with Gasteiger partial charge in [0.15, 0.2) is 0 Å². The summed E-state index contributed by atoms with van der Waals surface area (Å²) in [4.78, 5) is 23.4. The number of esters is 1. The molecule has 1 atom stereocenters. The van der Waals surface area contributed by atoms with Crippen molar-refractivity contribution in [3.8, 4) is 0 Å². The zero-order valence-corrected chi connectivity index (χ0v) is 52.2. The second-order valence-electron chi connectivity index (χ2n) is 24.3. The van der Waals surface area contributed by atoms with Crippen molar-refractivity contribution < 1.29 is 19.4 Å². The van der Waals surface area contributed by atoms with Crippen LogP contribution in [0.3, 0.4) is 0 Å².